The van der Waals surface area contributed by atoms with Crippen molar-refractivity contribution in [2.45, 2.75) is 19.8 Å². The molecule has 0 amide bonds. The highest BCUT2D eigenvalue weighted by Gasteiger charge is 2.11. The summed E-state index contributed by atoms with van der Waals surface area (Å²) in [5.74, 6) is 0.264. The van der Waals surface area contributed by atoms with Crippen LogP contribution in [0.4, 0.5) is 0 Å². The van der Waals surface area contributed by atoms with Crippen molar-refractivity contribution < 1.29 is 0 Å². The van der Waals surface area contributed by atoms with Gasteiger partial charge in [0.15, 0.2) is 4.96 Å². The third-order valence-electron chi connectivity index (χ3n) is 3.09. The molecule has 2 aromatic heterocycles. The Bertz CT molecular complexity index is 772. The van der Waals surface area contributed by atoms with Crippen LogP contribution in [0.3, 0.4) is 0 Å². The standard InChI is InChI=1S/C15H14N2OS/c1-10(2)12-8-14(18)17-13(9-19-15(17)16-12)11-6-4-3-5-7-11/h3-10H,1-2H3. The zero-order valence-corrected chi connectivity index (χ0v) is 11.6. The fourth-order valence-electron chi connectivity index (χ4n) is 2.04. The number of rotatable bonds is 2. The van der Waals surface area contributed by atoms with E-state index >= 15 is 0 Å². The van der Waals surface area contributed by atoms with Crippen LogP contribution in [0.5, 0.6) is 0 Å². The molecular weight excluding hydrogens is 256 g/mol. The Hall–Kier alpha value is -1.94. The second-order valence-electron chi connectivity index (χ2n) is 4.78. The smallest absolute Gasteiger partial charge is 0.259 e. The Kier molecular flexibility index (Phi) is 2.95. The Balaban J connectivity index is 2.28. The largest absolute Gasteiger partial charge is 0.269 e. The molecule has 0 aliphatic rings. The van der Waals surface area contributed by atoms with Gasteiger partial charge in [-0.1, -0.05) is 44.2 Å². The van der Waals surface area contributed by atoms with Crippen LogP contribution >= 0.6 is 11.3 Å². The van der Waals surface area contributed by atoms with E-state index in [4.69, 9.17) is 0 Å². The lowest BCUT2D eigenvalue weighted by molar-refractivity contribution is 0.816. The normalized spacial score (nSPS) is 11.3. The van der Waals surface area contributed by atoms with Crippen LogP contribution in [0.15, 0.2) is 46.6 Å². The second-order valence-corrected chi connectivity index (χ2v) is 5.62. The maximum Gasteiger partial charge on any atom is 0.259 e. The van der Waals surface area contributed by atoms with E-state index in [9.17, 15) is 4.79 Å². The highest BCUT2D eigenvalue weighted by Crippen LogP contribution is 2.24. The number of hydrogen-bond acceptors (Lipinski definition) is 3. The van der Waals surface area contributed by atoms with Gasteiger partial charge in [-0.15, -0.1) is 11.3 Å². The molecule has 0 saturated carbocycles. The number of aromatic nitrogens is 2. The molecule has 19 heavy (non-hydrogen) atoms. The molecule has 2 heterocycles. The van der Waals surface area contributed by atoms with Crippen LogP contribution < -0.4 is 5.56 Å². The first kappa shape index (κ1) is 12.1. The SMILES string of the molecule is CC(C)c1cc(=O)n2c(-c3ccccc3)csc2n1. The van der Waals surface area contributed by atoms with Crippen LogP contribution in [0.1, 0.15) is 25.5 Å². The molecule has 96 valence electrons. The van der Waals surface area contributed by atoms with Gasteiger partial charge in [-0.25, -0.2) is 4.98 Å². The number of thiazole rings is 1. The molecule has 0 atom stereocenters. The third-order valence-corrected chi connectivity index (χ3v) is 3.91. The molecular formula is C15H14N2OS. The molecule has 0 unspecified atom stereocenters. The van der Waals surface area contributed by atoms with Gasteiger partial charge in [0.25, 0.3) is 5.56 Å². The van der Waals surface area contributed by atoms with Crippen molar-refractivity contribution in [2.24, 2.45) is 0 Å². The summed E-state index contributed by atoms with van der Waals surface area (Å²) < 4.78 is 1.69. The van der Waals surface area contributed by atoms with Gasteiger partial charge in [-0.2, -0.15) is 0 Å². The van der Waals surface area contributed by atoms with Gasteiger partial charge in [0.1, 0.15) is 0 Å². The van der Waals surface area contributed by atoms with E-state index in [1.165, 1.54) is 11.3 Å². The maximum absolute atomic E-state index is 12.3. The van der Waals surface area contributed by atoms with Crippen LogP contribution in [0.25, 0.3) is 16.2 Å². The molecule has 4 heteroatoms. The first-order valence-electron chi connectivity index (χ1n) is 6.23. The average Bonchev–Trinajstić information content (AvgIpc) is 2.84. The molecule has 0 bridgehead atoms. The lowest BCUT2D eigenvalue weighted by atomic mass is 10.1. The Morgan fingerprint density at radius 1 is 1.21 bits per heavy atom. The summed E-state index contributed by atoms with van der Waals surface area (Å²) in [7, 11) is 0. The maximum atomic E-state index is 12.3. The highest BCUT2D eigenvalue weighted by atomic mass is 32.1. The summed E-state index contributed by atoms with van der Waals surface area (Å²) in [4.78, 5) is 17.6. The topological polar surface area (TPSA) is 34.4 Å². The molecule has 0 fully saturated rings. The second kappa shape index (κ2) is 4.63. The zero-order valence-electron chi connectivity index (χ0n) is 10.8. The highest BCUT2D eigenvalue weighted by molar-refractivity contribution is 7.15. The summed E-state index contributed by atoms with van der Waals surface area (Å²) in [6.45, 7) is 4.09. The van der Waals surface area contributed by atoms with Crippen molar-refractivity contribution in [1.29, 1.82) is 0 Å². The summed E-state index contributed by atoms with van der Waals surface area (Å²) >= 11 is 1.51. The van der Waals surface area contributed by atoms with E-state index < -0.39 is 0 Å². The van der Waals surface area contributed by atoms with Crippen molar-refractivity contribution in [2.75, 3.05) is 0 Å². The summed E-state index contributed by atoms with van der Waals surface area (Å²) in [5.41, 5.74) is 2.80. The van der Waals surface area contributed by atoms with Gasteiger partial charge in [0.2, 0.25) is 0 Å². The quantitative estimate of drug-likeness (QED) is 0.713. The van der Waals surface area contributed by atoms with Crippen LogP contribution in [-0.4, -0.2) is 9.38 Å². The van der Waals surface area contributed by atoms with Crippen molar-refractivity contribution in [3.8, 4) is 11.3 Å². The molecule has 0 aliphatic heterocycles. The number of hydrogen-bond donors (Lipinski definition) is 0. The minimum atomic E-state index is -0.00574. The van der Waals surface area contributed by atoms with Crippen LogP contribution in [0.2, 0.25) is 0 Å². The zero-order chi connectivity index (χ0) is 13.4. The lowest BCUT2D eigenvalue weighted by Gasteiger charge is -2.05. The minimum Gasteiger partial charge on any atom is -0.269 e. The summed E-state index contributed by atoms with van der Waals surface area (Å²) in [5, 5.41) is 1.99. The molecule has 0 N–H and O–H groups in total. The molecule has 3 rings (SSSR count). The van der Waals surface area contributed by atoms with E-state index in [-0.39, 0.29) is 11.5 Å². The van der Waals surface area contributed by atoms with Crippen molar-refractivity contribution in [3.05, 3.63) is 57.8 Å². The molecule has 1 aromatic carbocycles. The predicted octanol–water partition coefficient (Wildman–Crippen LogP) is 3.55. The third kappa shape index (κ3) is 2.08. The predicted molar refractivity (Wildman–Crippen MR) is 78.9 cm³/mol. The van der Waals surface area contributed by atoms with E-state index in [0.717, 1.165) is 21.9 Å². The van der Waals surface area contributed by atoms with Gasteiger partial charge in [-0.3, -0.25) is 9.20 Å². The molecule has 3 aromatic rings. The van der Waals surface area contributed by atoms with E-state index in [0.29, 0.717) is 0 Å². The summed E-state index contributed by atoms with van der Waals surface area (Å²) in [6.07, 6.45) is 0. The Labute approximate surface area is 115 Å². The molecule has 0 radical (unpaired) electrons. The van der Waals surface area contributed by atoms with E-state index in [1.807, 2.05) is 49.6 Å². The van der Waals surface area contributed by atoms with Crippen LogP contribution in [0, 0.1) is 0 Å². The van der Waals surface area contributed by atoms with E-state index in [1.54, 1.807) is 10.5 Å². The fraction of sp³-hybridized carbons (Fsp3) is 0.200. The fourth-order valence-corrected chi connectivity index (χ4v) is 2.95. The van der Waals surface area contributed by atoms with Crippen molar-refractivity contribution >= 4 is 16.3 Å². The molecule has 0 spiro atoms. The lowest BCUT2D eigenvalue weighted by Crippen LogP contribution is -2.15. The van der Waals surface area contributed by atoms with Gasteiger partial charge in [0, 0.05) is 11.4 Å². The number of fused-ring (bicyclic) bond motifs is 1. The first-order valence-corrected chi connectivity index (χ1v) is 7.11. The monoisotopic (exact) mass is 270 g/mol. The Morgan fingerprint density at radius 2 is 1.95 bits per heavy atom. The van der Waals surface area contributed by atoms with Gasteiger partial charge in [0.05, 0.1) is 11.4 Å². The average molecular weight is 270 g/mol. The molecule has 0 aliphatic carbocycles. The molecule has 3 nitrogen and oxygen atoms in total. The molecule has 0 saturated heterocycles. The first-order chi connectivity index (χ1) is 9.16. The number of benzene rings is 1. The number of nitrogens with zero attached hydrogens (tertiary/aromatic N) is 2. The Morgan fingerprint density at radius 3 is 2.63 bits per heavy atom. The van der Waals surface area contributed by atoms with Gasteiger partial charge < -0.3 is 0 Å². The van der Waals surface area contributed by atoms with Crippen LogP contribution in [-0.2, 0) is 0 Å². The summed E-state index contributed by atoms with van der Waals surface area (Å²) in [6, 6.07) is 11.6. The minimum absolute atomic E-state index is 0.00574. The van der Waals surface area contributed by atoms with Crippen molar-refractivity contribution in [1.82, 2.24) is 9.38 Å². The van der Waals surface area contributed by atoms with E-state index in [2.05, 4.69) is 4.98 Å². The van der Waals surface area contributed by atoms with Crippen molar-refractivity contribution in [3.63, 3.8) is 0 Å². The van der Waals surface area contributed by atoms with Gasteiger partial charge in [-0.05, 0) is 11.5 Å². The van der Waals surface area contributed by atoms with Gasteiger partial charge >= 0.3 is 0 Å².